The number of pyridine rings is 1. The van der Waals surface area contributed by atoms with Crippen LogP contribution < -0.4 is 17.0 Å². The molecule has 176 valence electrons. The number of aromatic hydroxyl groups is 1. The lowest BCUT2D eigenvalue weighted by atomic mass is 10.1. The number of thioether (sulfide) groups is 1. The van der Waals surface area contributed by atoms with E-state index in [0.717, 1.165) is 10.6 Å². The summed E-state index contributed by atoms with van der Waals surface area (Å²) in [6, 6.07) is 3.77. The lowest BCUT2D eigenvalue weighted by Gasteiger charge is -2.17. The number of nitrogens with two attached hydrogens (primary N) is 1. The molecule has 2 saturated heterocycles. The Bertz CT molecular complexity index is 1030. The third-order valence-electron chi connectivity index (χ3n) is 4.77. The van der Waals surface area contributed by atoms with E-state index in [4.69, 9.17) is 30.5 Å². The van der Waals surface area contributed by atoms with E-state index in [1.165, 1.54) is 28.6 Å². The molecule has 0 unspecified atom stereocenters. The highest BCUT2D eigenvalue weighted by Crippen LogP contribution is 2.30. The fourth-order valence-electron chi connectivity index (χ4n) is 3.13. The Morgan fingerprint density at radius 2 is 1.81 bits per heavy atom. The number of anilines is 1. The highest BCUT2D eigenvalue weighted by Gasteiger charge is 2.43. The summed E-state index contributed by atoms with van der Waals surface area (Å²) < 4.78 is 13.0. The van der Waals surface area contributed by atoms with Gasteiger partial charge in [0.2, 0.25) is 0 Å². The molecule has 2 fully saturated rings. The van der Waals surface area contributed by atoms with Crippen LogP contribution in [0.1, 0.15) is 12.5 Å². The average Bonchev–Trinajstić information content (AvgIpc) is 3.34. The van der Waals surface area contributed by atoms with Crippen molar-refractivity contribution in [1.82, 2.24) is 14.1 Å². The fraction of sp³-hybridized carbons (Fsp3) is 0.500. The number of hydrogen-bond acceptors (Lipinski definition) is 12. The third kappa shape index (κ3) is 5.29. The van der Waals surface area contributed by atoms with Crippen LogP contribution in [0.2, 0.25) is 0 Å². The van der Waals surface area contributed by atoms with Crippen molar-refractivity contribution in [2.75, 3.05) is 24.7 Å². The number of aliphatic hydroxyl groups is 4. The Morgan fingerprint density at radius 3 is 2.38 bits per heavy atom. The zero-order valence-corrected chi connectivity index (χ0v) is 17.5. The molecule has 0 aromatic carbocycles. The van der Waals surface area contributed by atoms with Gasteiger partial charge in [0.1, 0.15) is 41.5 Å². The van der Waals surface area contributed by atoms with E-state index < -0.39 is 42.4 Å². The van der Waals surface area contributed by atoms with Crippen LogP contribution in [0.5, 0.6) is 5.75 Å². The number of nitrogens with zero attached hydrogens (tertiary/aromatic N) is 3. The number of hydrogen-bond donors (Lipinski definition) is 6. The van der Waals surface area contributed by atoms with Crippen molar-refractivity contribution in [2.45, 2.75) is 36.2 Å². The number of nitrogen functional groups attached to an aromatic ring is 1. The Kier molecular flexibility index (Phi) is 7.89. The van der Waals surface area contributed by atoms with Crippen molar-refractivity contribution in [2.24, 2.45) is 0 Å². The minimum absolute atomic E-state index is 0.0572. The van der Waals surface area contributed by atoms with Gasteiger partial charge >= 0.3 is 5.69 Å². The molecule has 2 aromatic heterocycles. The second-order valence-electron chi connectivity index (χ2n) is 6.94. The second-order valence-corrected chi connectivity index (χ2v) is 8.13. The zero-order chi connectivity index (χ0) is 23.4. The van der Waals surface area contributed by atoms with Crippen LogP contribution in [0.4, 0.5) is 5.82 Å². The van der Waals surface area contributed by atoms with Crippen molar-refractivity contribution in [1.29, 1.82) is 0 Å². The van der Waals surface area contributed by atoms with Crippen LogP contribution in [0.3, 0.4) is 0 Å². The smallest absolute Gasteiger partial charge is 0.351 e. The van der Waals surface area contributed by atoms with E-state index in [-0.39, 0.29) is 29.8 Å². The largest absolute Gasteiger partial charge is 0.508 e. The van der Waals surface area contributed by atoms with E-state index in [0.29, 0.717) is 5.75 Å². The minimum Gasteiger partial charge on any atom is -0.508 e. The number of ether oxygens (including phenoxy) is 2. The van der Waals surface area contributed by atoms with Gasteiger partial charge in [0.05, 0.1) is 13.2 Å². The summed E-state index contributed by atoms with van der Waals surface area (Å²) in [6.07, 6.45) is -2.15. The first kappa shape index (κ1) is 24.2. The first-order valence-electron chi connectivity index (χ1n) is 9.51. The van der Waals surface area contributed by atoms with Crippen LogP contribution in [0.25, 0.3) is 0 Å². The molecule has 0 amide bonds. The highest BCUT2D eigenvalue weighted by atomic mass is 32.2. The number of aromatic nitrogens is 3. The van der Waals surface area contributed by atoms with Gasteiger partial charge in [-0.05, 0) is 12.1 Å². The van der Waals surface area contributed by atoms with E-state index in [9.17, 15) is 19.8 Å². The molecule has 4 heterocycles. The predicted octanol–water partition coefficient (Wildman–Crippen LogP) is -2.43. The molecule has 2 aliphatic rings. The van der Waals surface area contributed by atoms with Gasteiger partial charge < -0.3 is 40.7 Å². The van der Waals surface area contributed by atoms with Gasteiger partial charge in [0, 0.05) is 24.2 Å². The first-order valence-corrected chi connectivity index (χ1v) is 10.6. The molecule has 0 aliphatic carbocycles. The zero-order valence-electron chi connectivity index (χ0n) is 16.7. The molecule has 13 nitrogen and oxygen atoms in total. The topological polar surface area (TPSA) is 203 Å². The van der Waals surface area contributed by atoms with Gasteiger partial charge in [-0.25, -0.2) is 4.79 Å². The molecule has 7 N–H and O–H groups in total. The Morgan fingerprint density at radius 1 is 1.09 bits per heavy atom. The monoisotopic (exact) mass is 472 g/mol. The van der Waals surface area contributed by atoms with Crippen LogP contribution in [0.15, 0.2) is 40.2 Å². The van der Waals surface area contributed by atoms with Gasteiger partial charge in [0.15, 0.2) is 6.23 Å². The van der Waals surface area contributed by atoms with Crippen molar-refractivity contribution >= 4 is 17.6 Å². The van der Waals surface area contributed by atoms with Crippen LogP contribution in [0, 0.1) is 0 Å². The van der Waals surface area contributed by atoms with E-state index in [1.54, 1.807) is 12.3 Å². The summed E-state index contributed by atoms with van der Waals surface area (Å²) in [5.74, 6) is 0.620. The lowest BCUT2D eigenvalue weighted by Crippen LogP contribution is -2.35. The summed E-state index contributed by atoms with van der Waals surface area (Å²) in [6.45, 7) is -0.514. The molecule has 2 aliphatic heterocycles. The van der Waals surface area contributed by atoms with Crippen LogP contribution >= 0.6 is 11.8 Å². The van der Waals surface area contributed by atoms with Gasteiger partial charge in [-0.15, -0.1) is 11.8 Å². The summed E-state index contributed by atoms with van der Waals surface area (Å²) in [5.41, 5.74) is 4.10. The average molecular weight is 472 g/mol. The normalized spacial score (nSPS) is 29.5. The molecule has 0 saturated carbocycles. The molecule has 0 bridgehead atoms. The lowest BCUT2D eigenvalue weighted by molar-refractivity contribution is -0.0544. The fourth-order valence-corrected chi connectivity index (χ4v) is 4.06. The summed E-state index contributed by atoms with van der Waals surface area (Å²) in [5, 5.41) is 46.1. The molecule has 32 heavy (non-hydrogen) atoms. The van der Waals surface area contributed by atoms with E-state index in [2.05, 4.69) is 4.98 Å². The minimum atomic E-state index is -1.31. The standard InChI is InChI=1S/C10H13NO6.C8H11N3O3S/c12-4-6-8(15)9(16)10(17-6)11-2-1-5(13)3-7(11)14;9-5-1-2-11(8(13)10-5)6-4-15-7(3-12)14-6/h1-3,6,8-10,12-13,15-16H,4H2;1-2,6-7,12H,3-4H2,(H2,9,10,13)/t6-,8-,9-,10-;6-,7+/m10/s1. The van der Waals surface area contributed by atoms with Crippen LogP contribution in [-0.2, 0) is 9.47 Å². The maximum atomic E-state index is 11.5. The maximum Gasteiger partial charge on any atom is 0.351 e. The summed E-state index contributed by atoms with van der Waals surface area (Å²) in [4.78, 5) is 26.6. The van der Waals surface area contributed by atoms with Gasteiger partial charge in [0.25, 0.3) is 5.56 Å². The quantitative estimate of drug-likeness (QED) is 0.275. The van der Waals surface area contributed by atoms with Crippen LogP contribution in [-0.4, -0.2) is 82.4 Å². The van der Waals surface area contributed by atoms with E-state index in [1.807, 2.05) is 0 Å². The Balaban J connectivity index is 0.000000182. The Hall–Kier alpha value is -2.46. The van der Waals surface area contributed by atoms with Gasteiger partial charge in [-0.1, -0.05) is 0 Å². The second kappa shape index (κ2) is 10.4. The van der Waals surface area contributed by atoms with Crippen molar-refractivity contribution in [3.05, 3.63) is 51.4 Å². The molecule has 0 spiro atoms. The Labute approximate surface area is 185 Å². The molecule has 0 radical (unpaired) electrons. The van der Waals surface area contributed by atoms with Gasteiger partial charge in [-0.2, -0.15) is 4.98 Å². The number of rotatable bonds is 4. The molecular formula is C18H24N4O9S. The molecular weight excluding hydrogens is 448 g/mol. The van der Waals surface area contributed by atoms with Crippen molar-refractivity contribution in [3.8, 4) is 5.75 Å². The summed E-state index contributed by atoms with van der Waals surface area (Å²) >= 11 is 1.47. The number of aliphatic hydroxyl groups excluding tert-OH is 4. The predicted molar refractivity (Wildman–Crippen MR) is 112 cm³/mol. The molecule has 2 aromatic rings. The van der Waals surface area contributed by atoms with Crippen molar-refractivity contribution in [3.63, 3.8) is 0 Å². The third-order valence-corrected chi connectivity index (χ3v) is 5.88. The van der Waals surface area contributed by atoms with E-state index >= 15 is 0 Å². The summed E-state index contributed by atoms with van der Waals surface area (Å²) in [7, 11) is 0. The molecule has 14 heteroatoms. The highest BCUT2D eigenvalue weighted by molar-refractivity contribution is 8.00. The van der Waals surface area contributed by atoms with Gasteiger partial charge in [-0.3, -0.25) is 13.9 Å². The SMILES string of the molecule is Nc1ccn([C@@H]2CS[C@H](CO)O2)c(=O)n1.O=c1cc(O)ccn1[C@@H]1O[C@H](CO)[C@@H](O)[C@H]1O. The van der Waals surface area contributed by atoms with Crippen molar-refractivity contribution < 1.29 is 35.0 Å². The maximum absolute atomic E-state index is 11.5. The first-order chi connectivity index (χ1) is 15.2. The molecule has 6 atom stereocenters. The molecule has 4 rings (SSSR count).